The molecule has 0 spiro atoms. The number of aryl methyl sites for hydroxylation is 1. The van der Waals surface area contributed by atoms with Crippen LogP contribution >= 0.6 is 12.2 Å². The lowest BCUT2D eigenvalue weighted by molar-refractivity contribution is -1.03. The SMILES string of the molecule is Cc1cccc(C[NH+]2CC[NH+](Cn3nc([C@@H]4CCS(=O)(=O)C4)oc3=S)CC2)c1. The Morgan fingerprint density at radius 2 is 2.00 bits per heavy atom. The highest BCUT2D eigenvalue weighted by Crippen LogP contribution is 2.27. The van der Waals surface area contributed by atoms with E-state index in [0.29, 0.717) is 23.8 Å². The maximum Gasteiger partial charge on any atom is 0.291 e. The molecular formula is C19H28N4O3S2+2. The van der Waals surface area contributed by atoms with Crippen molar-refractivity contribution in [1.29, 1.82) is 0 Å². The highest BCUT2D eigenvalue weighted by Gasteiger charge is 2.33. The molecule has 2 aromatic rings. The van der Waals surface area contributed by atoms with Crippen LogP contribution in [0.3, 0.4) is 0 Å². The lowest BCUT2D eigenvalue weighted by Crippen LogP contribution is -3.27. The summed E-state index contributed by atoms with van der Waals surface area (Å²) in [5, 5.41) is 4.50. The lowest BCUT2D eigenvalue weighted by Gasteiger charge is -2.29. The molecule has 0 unspecified atom stereocenters. The first-order valence-corrected chi connectivity index (χ1v) is 12.1. The monoisotopic (exact) mass is 424 g/mol. The molecule has 3 heterocycles. The van der Waals surface area contributed by atoms with Gasteiger partial charge in [0.15, 0.2) is 16.5 Å². The molecule has 4 rings (SSSR count). The van der Waals surface area contributed by atoms with Crippen LogP contribution in [0.1, 0.15) is 29.4 Å². The van der Waals surface area contributed by atoms with Crippen LogP contribution in [0.15, 0.2) is 28.7 Å². The predicted octanol–water partition coefficient (Wildman–Crippen LogP) is -0.643. The molecule has 7 nitrogen and oxygen atoms in total. The number of piperazine rings is 1. The number of nitrogens with one attached hydrogen (secondary N) is 2. The molecule has 0 radical (unpaired) electrons. The quantitative estimate of drug-likeness (QED) is 0.625. The molecule has 152 valence electrons. The van der Waals surface area contributed by atoms with Crippen molar-refractivity contribution in [2.45, 2.75) is 32.5 Å². The second kappa shape index (κ2) is 8.06. The zero-order chi connectivity index (χ0) is 19.7. The van der Waals surface area contributed by atoms with Gasteiger partial charge in [0.05, 0.1) is 17.4 Å². The Bertz CT molecular complexity index is 991. The molecule has 1 atom stereocenters. The summed E-state index contributed by atoms with van der Waals surface area (Å²) in [5.41, 5.74) is 2.71. The molecule has 0 amide bonds. The molecule has 1 aromatic heterocycles. The van der Waals surface area contributed by atoms with Gasteiger partial charge in [0.2, 0.25) is 5.89 Å². The Labute approximate surface area is 170 Å². The maximum atomic E-state index is 11.7. The minimum atomic E-state index is -2.96. The number of hydrogen-bond acceptors (Lipinski definition) is 5. The first kappa shape index (κ1) is 19.8. The summed E-state index contributed by atoms with van der Waals surface area (Å²) in [6.45, 7) is 8.23. The molecule has 1 aromatic carbocycles. The van der Waals surface area contributed by atoms with E-state index in [9.17, 15) is 8.42 Å². The van der Waals surface area contributed by atoms with Crippen LogP contribution in [0.25, 0.3) is 0 Å². The van der Waals surface area contributed by atoms with Gasteiger partial charge in [-0.3, -0.25) is 0 Å². The fourth-order valence-electron chi connectivity index (χ4n) is 4.19. The second-order valence-electron chi connectivity index (χ2n) is 8.13. The van der Waals surface area contributed by atoms with E-state index in [1.807, 2.05) is 0 Å². The first-order chi connectivity index (χ1) is 13.4. The first-order valence-electron chi connectivity index (χ1n) is 9.89. The number of rotatable bonds is 5. The van der Waals surface area contributed by atoms with Crippen molar-refractivity contribution in [3.05, 3.63) is 46.1 Å². The van der Waals surface area contributed by atoms with Gasteiger partial charge in [0.25, 0.3) is 4.84 Å². The van der Waals surface area contributed by atoms with Crippen LogP contribution < -0.4 is 9.80 Å². The van der Waals surface area contributed by atoms with Crippen LogP contribution in [0.5, 0.6) is 0 Å². The van der Waals surface area contributed by atoms with Gasteiger partial charge in [-0.2, -0.15) is 4.68 Å². The van der Waals surface area contributed by atoms with E-state index in [0.717, 1.165) is 32.7 Å². The van der Waals surface area contributed by atoms with E-state index in [-0.39, 0.29) is 17.4 Å². The van der Waals surface area contributed by atoms with Crippen molar-refractivity contribution in [2.24, 2.45) is 0 Å². The maximum absolute atomic E-state index is 11.7. The summed E-state index contributed by atoms with van der Waals surface area (Å²) in [4.78, 5) is 3.39. The molecule has 2 N–H and O–H groups in total. The number of nitrogens with zero attached hydrogens (tertiary/aromatic N) is 2. The van der Waals surface area contributed by atoms with E-state index >= 15 is 0 Å². The normalized spacial score (nSPS) is 27.1. The number of quaternary nitrogens is 2. The van der Waals surface area contributed by atoms with Gasteiger partial charge in [0.1, 0.15) is 32.7 Å². The average Bonchev–Trinajstić information content (AvgIpc) is 3.19. The summed E-state index contributed by atoms with van der Waals surface area (Å²) in [5.74, 6) is 0.660. The van der Waals surface area contributed by atoms with Crippen molar-refractivity contribution in [2.75, 3.05) is 37.7 Å². The minimum Gasteiger partial charge on any atom is -0.413 e. The highest BCUT2D eigenvalue weighted by atomic mass is 32.2. The summed E-state index contributed by atoms with van der Waals surface area (Å²) in [6.07, 6.45) is 0.575. The zero-order valence-electron chi connectivity index (χ0n) is 16.2. The molecule has 9 heteroatoms. The van der Waals surface area contributed by atoms with E-state index in [1.165, 1.54) is 16.0 Å². The van der Waals surface area contributed by atoms with Crippen LogP contribution in [-0.4, -0.2) is 55.9 Å². The highest BCUT2D eigenvalue weighted by molar-refractivity contribution is 7.91. The number of sulfone groups is 1. The van der Waals surface area contributed by atoms with Crippen LogP contribution in [0.4, 0.5) is 0 Å². The lowest BCUT2D eigenvalue weighted by atomic mass is 10.1. The fraction of sp³-hybridized carbons (Fsp3) is 0.579. The van der Waals surface area contributed by atoms with Gasteiger partial charge < -0.3 is 14.2 Å². The Kier molecular flexibility index (Phi) is 5.69. The average molecular weight is 425 g/mol. The largest absolute Gasteiger partial charge is 0.413 e. The zero-order valence-corrected chi connectivity index (χ0v) is 17.8. The topological polar surface area (TPSA) is 74.0 Å². The third-order valence-electron chi connectivity index (χ3n) is 5.78. The van der Waals surface area contributed by atoms with Crippen molar-refractivity contribution in [3.63, 3.8) is 0 Å². The number of benzene rings is 1. The standard InChI is InChI=1S/C19H26N4O3S2/c1-15-3-2-4-16(11-15)12-21-6-8-22(9-7-21)14-23-19(27)26-18(20-23)17-5-10-28(24,25)13-17/h2-4,11,17H,5-10,12-14H2,1H3/p+2/t17-/m1/s1. The third-order valence-corrected chi connectivity index (χ3v) is 7.84. The summed E-state index contributed by atoms with van der Waals surface area (Å²) >= 11 is 5.32. The number of hydrogen-bond donors (Lipinski definition) is 2. The van der Waals surface area contributed by atoms with Gasteiger partial charge >= 0.3 is 0 Å². The van der Waals surface area contributed by atoms with E-state index in [1.54, 1.807) is 9.58 Å². The van der Waals surface area contributed by atoms with Crippen molar-refractivity contribution < 1.29 is 22.6 Å². The van der Waals surface area contributed by atoms with Crippen molar-refractivity contribution in [3.8, 4) is 0 Å². The molecule has 0 saturated carbocycles. The molecule has 2 fully saturated rings. The Hall–Kier alpha value is -1.55. The van der Waals surface area contributed by atoms with Crippen LogP contribution in [0.2, 0.25) is 0 Å². The van der Waals surface area contributed by atoms with Gasteiger partial charge in [-0.05, 0) is 25.6 Å². The smallest absolute Gasteiger partial charge is 0.291 e. The molecule has 2 saturated heterocycles. The van der Waals surface area contributed by atoms with E-state index < -0.39 is 9.84 Å². The molecule has 2 aliphatic heterocycles. The third kappa shape index (κ3) is 4.71. The summed E-state index contributed by atoms with van der Waals surface area (Å²) in [6, 6.07) is 8.74. The van der Waals surface area contributed by atoms with Crippen molar-refractivity contribution in [1.82, 2.24) is 9.78 Å². The molecular weight excluding hydrogens is 396 g/mol. The van der Waals surface area contributed by atoms with Gasteiger partial charge in [-0.25, -0.2) is 8.42 Å². The van der Waals surface area contributed by atoms with Gasteiger partial charge in [-0.1, -0.05) is 29.8 Å². The number of aromatic nitrogens is 2. The predicted molar refractivity (Wildman–Crippen MR) is 108 cm³/mol. The van der Waals surface area contributed by atoms with E-state index in [4.69, 9.17) is 16.6 Å². The minimum absolute atomic E-state index is 0.121. The molecule has 28 heavy (non-hydrogen) atoms. The molecule has 0 aliphatic carbocycles. The summed E-state index contributed by atoms with van der Waals surface area (Å²) < 4.78 is 30.8. The van der Waals surface area contributed by atoms with Gasteiger partial charge in [-0.15, -0.1) is 5.10 Å². The molecule has 2 aliphatic rings. The van der Waals surface area contributed by atoms with Crippen LogP contribution in [-0.2, 0) is 23.1 Å². The van der Waals surface area contributed by atoms with Crippen molar-refractivity contribution >= 4 is 22.1 Å². The molecule has 0 bridgehead atoms. The Balaban J connectivity index is 1.32. The summed E-state index contributed by atoms with van der Waals surface area (Å²) in [7, 11) is -2.96. The van der Waals surface area contributed by atoms with Gasteiger partial charge in [0, 0.05) is 5.56 Å². The Morgan fingerprint density at radius 3 is 2.68 bits per heavy atom. The fourth-order valence-corrected chi connectivity index (χ4v) is 6.11. The van der Waals surface area contributed by atoms with E-state index in [2.05, 4.69) is 36.3 Å². The Morgan fingerprint density at radius 1 is 1.25 bits per heavy atom. The second-order valence-corrected chi connectivity index (χ2v) is 10.7. The van der Waals surface area contributed by atoms with Crippen LogP contribution in [0, 0.1) is 11.8 Å².